The van der Waals surface area contributed by atoms with Crippen LogP contribution in [0.1, 0.15) is 20.8 Å². The minimum atomic E-state index is -0.459. The number of urea groups is 1. The Morgan fingerprint density at radius 1 is 1.31 bits per heavy atom. The second kappa shape index (κ2) is 5.11. The minimum absolute atomic E-state index is 0.0417. The number of amides is 3. The summed E-state index contributed by atoms with van der Waals surface area (Å²) in [5, 5.41) is 4.51. The van der Waals surface area contributed by atoms with Gasteiger partial charge in [0, 0.05) is 11.8 Å². The standard InChI is InChI=1S/C8H16N2O2S/c1-8(2,3)13-5-6(11)10-7(12)9-4/h5H2,1-4H3,(H2,9,10,11,12). The zero-order chi connectivity index (χ0) is 10.5. The van der Waals surface area contributed by atoms with Crippen molar-refractivity contribution in [3.8, 4) is 0 Å². The molecule has 0 radical (unpaired) electrons. The van der Waals surface area contributed by atoms with Crippen LogP contribution in [0, 0.1) is 0 Å². The van der Waals surface area contributed by atoms with Crippen LogP contribution < -0.4 is 10.6 Å². The molecule has 5 heteroatoms. The van der Waals surface area contributed by atoms with Crippen LogP contribution in [0.5, 0.6) is 0 Å². The third-order valence-electron chi connectivity index (χ3n) is 1.12. The lowest BCUT2D eigenvalue weighted by Crippen LogP contribution is -2.38. The Hall–Kier alpha value is -0.710. The number of thioether (sulfide) groups is 1. The smallest absolute Gasteiger partial charge is 0.321 e. The third-order valence-corrected chi connectivity index (χ3v) is 2.39. The molecule has 0 spiro atoms. The molecule has 0 atom stereocenters. The zero-order valence-corrected chi connectivity index (χ0v) is 9.25. The van der Waals surface area contributed by atoms with E-state index in [1.807, 2.05) is 20.8 Å². The molecule has 76 valence electrons. The van der Waals surface area contributed by atoms with Gasteiger partial charge in [-0.05, 0) is 0 Å². The predicted octanol–water partition coefficient (Wildman–Crippen LogP) is 0.974. The van der Waals surface area contributed by atoms with E-state index < -0.39 is 6.03 Å². The van der Waals surface area contributed by atoms with Crippen LogP contribution in [0.2, 0.25) is 0 Å². The molecule has 0 rings (SSSR count). The van der Waals surface area contributed by atoms with Crippen LogP contribution in [0.25, 0.3) is 0 Å². The molecule has 0 saturated heterocycles. The van der Waals surface area contributed by atoms with E-state index in [9.17, 15) is 9.59 Å². The Balaban J connectivity index is 3.70. The van der Waals surface area contributed by atoms with E-state index in [2.05, 4.69) is 10.6 Å². The summed E-state index contributed by atoms with van der Waals surface area (Å²) in [6.45, 7) is 6.06. The van der Waals surface area contributed by atoms with E-state index in [1.165, 1.54) is 18.8 Å². The Morgan fingerprint density at radius 2 is 1.85 bits per heavy atom. The molecule has 0 aromatic heterocycles. The molecule has 2 N–H and O–H groups in total. The molecule has 3 amide bonds. The molecule has 0 fully saturated rings. The van der Waals surface area contributed by atoms with E-state index in [1.54, 1.807) is 0 Å². The summed E-state index contributed by atoms with van der Waals surface area (Å²) in [6.07, 6.45) is 0. The molecule has 0 aliphatic carbocycles. The highest BCUT2D eigenvalue weighted by atomic mass is 32.2. The fourth-order valence-electron chi connectivity index (χ4n) is 0.507. The SMILES string of the molecule is CNC(=O)NC(=O)CSC(C)(C)C. The normalized spacial score (nSPS) is 10.8. The van der Waals surface area contributed by atoms with Gasteiger partial charge in [0.25, 0.3) is 0 Å². The first-order valence-electron chi connectivity index (χ1n) is 4.00. The van der Waals surface area contributed by atoms with Crippen molar-refractivity contribution < 1.29 is 9.59 Å². The molecule has 0 aliphatic heterocycles. The summed E-state index contributed by atoms with van der Waals surface area (Å²) in [6, 6.07) is -0.459. The maximum absolute atomic E-state index is 11.1. The Kier molecular flexibility index (Phi) is 4.83. The maximum Gasteiger partial charge on any atom is 0.321 e. The van der Waals surface area contributed by atoms with Gasteiger partial charge in [0.2, 0.25) is 5.91 Å². The van der Waals surface area contributed by atoms with E-state index in [-0.39, 0.29) is 10.7 Å². The van der Waals surface area contributed by atoms with Gasteiger partial charge in [-0.25, -0.2) is 4.79 Å². The van der Waals surface area contributed by atoms with Crippen LogP contribution in [0.3, 0.4) is 0 Å². The van der Waals surface area contributed by atoms with Gasteiger partial charge in [-0.15, -0.1) is 11.8 Å². The van der Waals surface area contributed by atoms with Crippen LogP contribution >= 0.6 is 11.8 Å². The molecule has 0 aromatic rings. The predicted molar refractivity (Wildman–Crippen MR) is 54.8 cm³/mol. The van der Waals surface area contributed by atoms with Gasteiger partial charge >= 0.3 is 6.03 Å². The summed E-state index contributed by atoms with van der Waals surface area (Å²) in [4.78, 5) is 21.8. The van der Waals surface area contributed by atoms with Crippen LogP contribution in [-0.4, -0.2) is 29.5 Å². The van der Waals surface area contributed by atoms with Gasteiger partial charge in [-0.1, -0.05) is 20.8 Å². The van der Waals surface area contributed by atoms with Crippen molar-refractivity contribution in [2.75, 3.05) is 12.8 Å². The highest BCUT2D eigenvalue weighted by Crippen LogP contribution is 2.22. The third kappa shape index (κ3) is 7.64. The second-order valence-corrected chi connectivity index (χ2v) is 5.33. The van der Waals surface area contributed by atoms with Crippen molar-refractivity contribution in [3.05, 3.63) is 0 Å². The first-order valence-corrected chi connectivity index (χ1v) is 4.99. The molecular weight excluding hydrogens is 188 g/mol. The average Bonchev–Trinajstić information content (AvgIpc) is 1.99. The molecule has 0 aliphatic rings. The van der Waals surface area contributed by atoms with Gasteiger partial charge in [0.15, 0.2) is 0 Å². The molecule has 0 aromatic carbocycles. The van der Waals surface area contributed by atoms with Crippen molar-refractivity contribution in [1.82, 2.24) is 10.6 Å². The van der Waals surface area contributed by atoms with Crippen molar-refractivity contribution in [3.63, 3.8) is 0 Å². The van der Waals surface area contributed by atoms with Gasteiger partial charge in [-0.2, -0.15) is 0 Å². The fourth-order valence-corrected chi connectivity index (χ4v) is 1.14. The fraction of sp³-hybridized carbons (Fsp3) is 0.750. The number of nitrogens with one attached hydrogen (secondary N) is 2. The average molecular weight is 204 g/mol. The van der Waals surface area contributed by atoms with Crippen molar-refractivity contribution in [2.45, 2.75) is 25.5 Å². The Morgan fingerprint density at radius 3 is 2.23 bits per heavy atom. The largest absolute Gasteiger partial charge is 0.341 e. The number of rotatable bonds is 2. The summed E-state index contributed by atoms with van der Waals surface area (Å²) < 4.78 is 0.0417. The Labute approximate surface area is 82.8 Å². The first kappa shape index (κ1) is 12.3. The topological polar surface area (TPSA) is 58.2 Å². The molecule has 0 saturated carbocycles. The van der Waals surface area contributed by atoms with Crippen LogP contribution in [-0.2, 0) is 4.79 Å². The summed E-state index contributed by atoms with van der Waals surface area (Å²) in [5.41, 5.74) is 0. The summed E-state index contributed by atoms with van der Waals surface area (Å²) in [7, 11) is 1.47. The van der Waals surface area contributed by atoms with Gasteiger partial charge < -0.3 is 5.32 Å². The number of imide groups is 1. The molecule has 0 unspecified atom stereocenters. The number of hydrogen-bond donors (Lipinski definition) is 2. The summed E-state index contributed by atoms with van der Waals surface area (Å²) >= 11 is 1.50. The first-order chi connectivity index (χ1) is 5.85. The minimum Gasteiger partial charge on any atom is -0.341 e. The lowest BCUT2D eigenvalue weighted by atomic mass is 10.3. The second-order valence-electron chi connectivity index (χ2n) is 3.53. The lowest BCUT2D eigenvalue weighted by Gasteiger charge is -2.16. The van der Waals surface area contributed by atoms with Crippen LogP contribution in [0.4, 0.5) is 4.79 Å². The maximum atomic E-state index is 11.1. The lowest BCUT2D eigenvalue weighted by molar-refractivity contribution is -0.117. The number of carbonyl (C=O) groups is 2. The van der Waals surface area contributed by atoms with E-state index in [0.29, 0.717) is 5.75 Å². The van der Waals surface area contributed by atoms with Crippen molar-refractivity contribution in [1.29, 1.82) is 0 Å². The van der Waals surface area contributed by atoms with Crippen LogP contribution in [0.15, 0.2) is 0 Å². The Bertz CT molecular complexity index is 199. The van der Waals surface area contributed by atoms with E-state index in [0.717, 1.165) is 0 Å². The summed E-state index contributed by atoms with van der Waals surface area (Å²) in [5.74, 6) is 0.0379. The van der Waals surface area contributed by atoms with E-state index in [4.69, 9.17) is 0 Å². The molecule has 4 nitrogen and oxygen atoms in total. The van der Waals surface area contributed by atoms with Crippen molar-refractivity contribution in [2.24, 2.45) is 0 Å². The molecule has 0 bridgehead atoms. The van der Waals surface area contributed by atoms with Gasteiger partial charge in [0.05, 0.1) is 5.75 Å². The highest BCUT2D eigenvalue weighted by molar-refractivity contribution is 8.01. The highest BCUT2D eigenvalue weighted by Gasteiger charge is 2.14. The quantitative estimate of drug-likeness (QED) is 0.704. The molecular formula is C8H16N2O2S. The zero-order valence-electron chi connectivity index (χ0n) is 8.43. The van der Waals surface area contributed by atoms with E-state index >= 15 is 0 Å². The van der Waals surface area contributed by atoms with Gasteiger partial charge in [0.1, 0.15) is 0 Å². The number of carbonyl (C=O) groups excluding carboxylic acids is 2. The monoisotopic (exact) mass is 204 g/mol. The number of hydrogen-bond acceptors (Lipinski definition) is 3. The van der Waals surface area contributed by atoms with Crippen molar-refractivity contribution >= 4 is 23.7 Å². The molecule has 0 heterocycles. The molecule has 13 heavy (non-hydrogen) atoms. The van der Waals surface area contributed by atoms with Gasteiger partial charge in [-0.3, -0.25) is 10.1 Å².